The van der Waals surface area contributed by atoms with Crippen molar-refractivity contribution in [2.75, 3.05) is 24.5 Å². The first-order valence-corrected chi connectivity index (χ1v) is 8.09. The second-order valence-corrected chi connectivity index (χ2v) is 6.18. The predicted octanol–water partition coefficient (Wildman–Crippen LogP) is 2.99. The third-order valence-corrected chi connectivity index (χ3v) is 4.88. The molecule has 23 heavy (non-hydrogen) atoms. The topological polar surface area (TPSA) is 58.4 Å². The van der Waals surface area contributed by atoms with Crippen LogP contribution in [0.25, 0.3) is 11.1 Å². The Morgan fingerprint density at radius 2 is 1.91 bits per heavy atom. The lowest BCUT2D eigenvalue weighted by Crippen LogP contribution is -2.33. The van der Waals surface area contributed by atoms with E-state index in [1.54, 1.807) is 12.1 Å². The molecule has 5 nitrogen and oxygen atoms in total. The van der Waals surface area contributed by atoms with Crippen LogP contribution in [0, 0.1) is 10.1 Å². The van der Waals surface area contributed by atoms with Crippen LogP contribution in [0.5, 0.6) is 0 Å². The fourth-order valence-corrected chi connectivity index (χ4v) is 3.87. The van der Waals surface area contributed by atoms with Crippen molar-refractivity contribution >= 4 is 11.4 Å². The minimum absolute atomic E-state index is 0.178. The van der Waals surface area contributed by atoms with Gasteiger partial charge in [-0.2, -0.15) is 0 Å². The largest absolute Gasteiger partial charge is 0.366 e. The first-order chi connectivity index (χ1) is 11.3. The minimum atomic E-state index is -0.287. The van der Waals surface area contributed by atoms with E-state index in [4.69, 9.17) is 0 Å². The molecule has 1 N–H and O–H groups in total. The number of fused-ring (bicyclic) bond motifs is 3. The summed E-state index contributed by atoms with van der Waals surface area (Å²) in [6, 6.07) is 13.8. The van der Waals surface area contributed by atoms with E-state index >= 15 is 0 Å². The van der Waals surface area contributed by atoms with Gasteiger partial charge >= 0.3 is 0 Å². The van der Waals surface area contributed by atoms with Gasteiger partial charge in [0.25, 0.3) is 5.69 Å². The highest BCUT2D eigenvalue weighted by Crippen LogP contribution is 2.43. The molecule has 0 radical (unpaired) electrons. The molecule has 0 aliphatic carbocycles. The van der Waals surface area contributed by atoms with E-state index in [0.717, 1.165) is 38.0 Å². The van der Waals surface area contributed by atoms with Crippen molar-refractivity contribution in [1.29, 1.82) is 0 Å². The molecule has 4 rings (SSSR count). The Morgan fingerprint density at radius 3 is 2.78 bits per heavy atom. The summed E-state index contributed by atoms with van der Waals surface area (Å²) in [6.07, 6.45) is 2.15. The zero-order valence-corrected chi connectivity index (χ0v) is 12.9. The number of para-hydroxylation sites is 2. The average Bonchev–Trinajstić information content (AvgIpc) is 2.76. The Balaban J connectivity index is 1.87. The van der Waals surface area contributed by atoms with Gasteiger partial charge < -0.3 is 10.2 Å². The van der Waals surface area contributed by atoms with Crippen LogP contribution in [0.4, 0.5) is 11.4 Å². The molecule has 2 aromatic carbocycles. The van der Waals surface area contributed by atoms with Gasteiger partial charge in [-0.3, -0.25) is 10.1 Å². The Labute approximate surface area is 135 Å². The molecule has 0 spiro atoms. The van der Waals surface area contributed by atoms with E-state index in [1.165, 1.54) is 11.3 Å². The fourth-order valence-electron chi connectivity index (χ4n) is 3.87. The summed E-state index contributed by atoms with van der Waals surface area (Å²) in [5, 5.41) is 14.9. The summed E-state index contributed by atoms with van der Waals surface area (Å²) in [5.41, 5.74) is 4.38. The highest BCUT2D eigenvalue weighted by atomic mass is 16.6. The Bertz CT molecular complexity index is 760. The average molecular weight is 309 g/mol. The van der Waals surface area contributed by atoms with Gasteiger partial charge in [-0.25, -0.2) is 0 Å². The lowest BCUT2D eigenvalue weighted by atomic mass is 9.98. The van der Waals surface area contributed by atoms with E-state index < -0.39 is 0 Å². The number of nitro benzene ring substituents is 1. The maximum absolute atomic E-state index is 11.4. The predicted molar refractivity (Wildman–Crippen MR) is 90.9 cm³/mol. The van der Waals surface area contributed by atoms with Crippen molar-refractivity contribution in [3.8, 4) is 11.1 Å². The molecule has 1 atom stereocenters. The van der Waals surface area contributed by atoms with Gasteiger partial charge in [0.05, 0.1) is 10.5 Å². The van der Waals surface area contributed by atoms with Crippen molar-refractivity contribution in [1.82, 2.24) is 5.32 Å². The molecule has 1 saturated heterocycles. The van der Waals surface area contributed by atoms with Crippen LogP contribution in [0.1, 0.15) is 12.0 Å². The molecule has 5 heteroatoms. The third-order valence-electron chi connectivity index (χ3n) is 4.88. The number of rotatable bonds is 2. The van der Waals surface area contributed by atoms with Gasteiger partial charge in [-0.05, 0) is 31.0 Å². The minimum Gasteiger partial charge on any atom is -0.366 e. The Morgan fingerprint density at radius 1 is 1.09 bits per heavy atom. The van der Waals surface area contributed by atoms with Crippen molar-refractivity contribution in [3.63, 3.8) is 0 Å². The Kier molecular flexibility index (Phi) is 3.50. The van der Waals surface area contributed by atoms with Crippen molar-refractivity contribution in [2.45, 2.75) is 18.9 Å². The first-order valence-electron chi connectivity index (χ1n) is 8.09. The summed E-state index contributed by atoms with van der Waals surface area (Å²) >= 11 is 0. The normalized spacial score (nSPS) is 19.8. The molecule has 0 amide bonds. The van der Waals surface area contributed by atoms with Gasteiger partial charge in [0.1, 0.15) is 0 Å². The molecule has 0 saturated carbocycles. The number of anilines is 1. The van der Waals surface area contributed by atoms with Crippen LogP contribution in [0.3, 0.4) is 0 Å². The number of hydrogen-bond acceptors (Lipinski definition) is 4. The molecule has 2 heterocycles. The van der Waals surface area contributed by atoms with Gasteiger partial charge in [-0.1, -0.05) is 30.3 Å². The van der Waals surface area contributed by atoms with E-state index in [0.29, 0.717) is 11.6 Å². The quantitative estimate of drug-likeness (QED) is 0.684. The monoisotopic (exact) mass is 309 g/mol. The molecule has 2 aliphatic heterocycles. The van der Waals surface area contributed by atoms with Gasteiger partial charge in [0, 0.05) is 36.4 Å². The molecular formula is C18H19N3O2. The summed E-state index contributed by atoms with van der Waals surface area (Å²) < 4.78 is 0. The van der Waals surface area contributed by atoms with Crippen molar-refractivity contribution in [3.05, 3.63) is 58.1 Å². The molecule has 0 aromatic heterocycles. The zero-order valence-electron chi connectivity index (χ0n) is 12.9. The molecule has 1 fully saturated rings. The molecule has 2 aliphatic rings. The van der Waals surface area contributed by atoms with Crippen LogP contribution in [-0.4, -0.2) is 30.6 Å². The summed E-state index contributed by atoms with van der Waals surface area (Å²) in [6.45, 7) is 2.95. The number of nitro groups is 1. The van der Waals surface area contributed by atoms with Crippen LogP contribution in [0.15, 0.2) is 42.5 Å². The maximum atomic E-state index is 11.4. The summed E-state index contributed by atoms with van der Waals surface area (Å²) in [5.74, 6) is 0. The smallest absolute Gasteiger partial charge is 0.277 e. The molecule has 2 aromatic rings. The summed E-state index contributed by atoms with van der Waals surface area (Å²) in [4.78, 5) is 13.6. The lowest BCUT2D eigenvalue weighted by molar-refractivity contribution is -0.384. The Hall–Kier alpha value is -2.40. The van der Waals surface area contributed by atoms with Crippen molar-refractivity contribution < 1.29 is 4.92 Å². The first kappa shape index (κ1) is 14.2. The van der Waals surface area contributed by atoms with Crippen molar-refractivity contribution in [2.24, 2.45) is 0 Å². The third kappa shape index (κ3) is 2.37. The van der Waals surface area contributed by atoms with Crippen LogP contribution < -0.4 is 10.2 Å². The molecular weight excluding hydrogens is 290 g/mol. The lowest BCUT2D eigenvalue weighted by Gasteiger charge is -2.26. The van der Waals surface area contributed by atoms with E-state index in [-0.39, 0.29) is 10.6 Å². The molecule has 118 valence electrons. The van der Waals surface area contributed by atoms with E-state index in [2.05, 4.69) is 16.3 Å². The molecule has 1 unspecified atom stereocenters. The van der Waals surface area contributed by atoms with E-state index in [1.807, 2.05) is 24.3 Å². The van der Waals surface area contributed by atoms with Gasteiger partial charge in [-0.15, -0.1) is 0 Å². The summed E-state index contributed by atoms with van der Waals surface area (Å²) in [7, 11) is 0. The highest BCUT2D eigenvalue weighted by Gasteiger charge is 2.33. The second-order valence-electron chi connectivity index (χ2n) is 6.18. The zero-order chi connectivity index (χ0) is 15.8. The van der Waals surface area contributed by atoms with Gasteiger partial charge in [0.2, 0.25) is 0 Å². The highest BCUT2D eigenvalue weighted by molar-refractivity contribution is 5.87. The van der Waals surface area contributed by atoms with E-state index in [9.17, 15) is 10.1 Å². The SMILES string of the molecule is O=[N+]([O-])c1ccccc1-c1cccc2c1N1CCNCCC1C2. The standard InChI is InChI=1S/C18H19N3O2/c22-21(23)17-7-2-1-5-15(17)16-6-3-4-13-12-14-8-9-19-10-11-20(14)18(13)16/h1-7,14,19H,8-12H2. The number of benzene rings is 2. The number of hydrogen-bond donors (Lipinski definition) is 1. The maximum Gasteiger partial charge on any atom is 0.277 e. The molecule has 0 bridgehead atoms. The van der Waals surface area contributed by atoms with Crippen LogP contribution >= 0.6 is 0 Å². The van der Waals surface area contributed by atoms with Crippen LogP contribution in [-0.2, 0) is 6.42 Å². The number of nitrogens with zero attached hydrogens (tertiary/aromatic N) is 2. The second kappa shape index (κ2) is 5.66. The number of nitrogens with one attached hydrogen (secondary N) is 1. The van der Waals surface area contributed by atoms with Crippen LogP contribution in [0.2, 0.25) is 0 Å². The van der Waals surface area contributed by atoms with Gasteiger partial charge in [0.15, 0.2) is 0 Å². The fraction of sp³-hybridized carbons (Fsp3) is 0.333.